The molecule has 3 saturated carbocycles. The number of ether oxygens (including phenoxy) is 2. The Kier molecular flexibility index (Phi) is 6.78. The van der Waals surface area contributed by atoms with Gasteiger partial charge in [0.15, 0.2) is 5.78 Å². The third kappa shape index (κ3) is 3.86. The highest BCUT2D eigenvalue weighted by Crippen LogP contribution is 2.69. The van der Waals surface area contributed by atoms with Crippen LogP contribution in [-0.2, 0) is 23.9 Å². The highest BCUT2D eigenvalue weighted by atomic mass is 16.5. The van der Waals surface area contributed by atoms with Gasteiger partial charge >= 0.3 is 11.9 Å². The normalized spacial score (nSPS) is 42.0. The van der Waals surface area contributed by atoms with Crippen LogP contribution in [0.1, 0.15) is 78.6 Å². The van der Waals surface area contributed by atoms with Crippen molar-refractivity contribution in [1.29, 1.82) is 0 Å². The topological polar surface area (TPSA) is 89.9 Å². The fourth-order valence-electron chi connectivity index (χ4n) is 8.26. The van der Waals surface area contributed by atoms with E-state index < -0.39 is 0 Å². The lowest BCUT2D eigenvalue weighted by Crippen LogP contribution is -2.59. The first-order chi connectivity index (χ1) is 15.7. The van der Waals surface area contributed by atoms with Crippen LogP contribution in [0.4, 0.5) is 0 Å². The Labute approximate surface area is 197 Å². The van der Waals surface area contributed by atoms with Crippen LogP contribution in [0.3, 0.4) is 0 Å². The molecule has 0 saturated heterocycles. The summed E-state index contributed by atoms with van der Waals surface area (Å²) in [5.41, 5.74) is 0.710. The quantitative estimate of drug-likeness (QED) is 0.597. The average Bonchev–Trinajstić information content (AvgIpc) is 3.11. The van der Waals surface area contributed by atoms with E-state index in [0.29, 0.717) is 25.7 Å². The Morgan fingerprint density at radius 2 is 1.97 bits per heavy atom. The maximum atomic E-state index is 13.1. The van der Waals surface area contributed by atoms with Crippen LogP contribution in [-0.4, -0.2) is 42.6 Å². The van der Waals surface area contributed by atoms with Gasteiger partial charge in [-0.3, -0.25) is 14.4 Å². The Balaban J connectivity index is 1.76. The lowest BCUT2D eigenvalue weighted by molar-refractivity contribution is -0.179. The van der Waals surface area contributed by atoms with Crippen molar-refractivity contribution >= 4 is 17.7 Å². The van der Waals surface area contributed by atoms with E-state index in [2.05, 4.69) is 13.8 Å². The van der Waals surface area contributed by atoms with Gasteiger partial charge < -0.3 is 14.6 Å². The van der Waals surface area contributed by atoms with Gasteiger partial charge in [-0.2, -0.15) is 0 Å². The lowest BCUT2D eigenvalue weighted by Gasteiger charge is -2.62. The van der Waals surface area contributed by atoms with E-state index in [1.54, 1.807) is 6.08 Å². The molecule has 184 valence electrons. The monoisotopic (exact) mass is 460 g/mol. The maximum Gasteiger partial charge on any atom is 0.309 e. The second-order valence-electron chi connectivity index (χ2n) is 11.3. The molecule has 4 aliphatic carbocycles. The van der Waals surface area contributed by atoms with Crippen molar-refractivity contribution < 1.29 is 29.0 Å². The number of hydrogen-bond donors (Lipinski definition) is 1. The zero-order valence-corrected chi connectivity index (χ0v) is 20.6. The Bertz CT molecular complexity index is 832. The molecule has 0 aliphatic heterocycles. The molecule has 4 aliphatic rings. The lowest BCUT2D eigenvalue weighted by atomic mass is 9.42. The molecule has 0 aromatic heterocycles. The Morgan fingerprint density at radius 3 is 2.64 bits per heavy atom. The molecule has 6 nitrogen and oxygen atoms in total. The van der Waals surface area contributed by atoms with E-state index in [1.165, 1.54) is 7.11 Å². The number of carbonyl (C=O) groups is 3. The van der Waals surface area contributed by atoms with Gasteiger partial charge in [-0.25, -0.2) is 0 Å². The van der Waals surface area contributed by atoms with E-state index in [1.807, 2.05) is 6.92 Å². The van der Waals surface area contributed by atoms with Gasteiger partial charge in [0.2, 0.25) is 0 Å². The molecule has 0 aromatic rings. The first kappa shape index (κ1) is 24.4. The van der Waals surface area contributed by atoms with Crippen molar-refractivity contribution in [3.05, 3.63) is 11.6 Å². The number of rotatable bonds is 6. The second kappa shape index (κ2) is 9.16. The maximum absolute atomic E-state index is 13.1. The third-order valence-corrected chi connectivity index (χ3v) is 9.97. The van der Waals surface area contributed by atoms with Crippen LogP contribution in [0.5, 0.6) is 0 Å². The first-order valence-electron chi connectivity index (χ1n) is 12.8. The molecule has 6 heteroatoms. The zero-order valence-electron chi connectivity index (χ0n) is 20.6. The predicted molar refractivity (Wildman–Crippen MR) is 123 cm³/mol. The highest BCUT2D eigenvalue weighted by molar-refractivity contribution is 5.92. The largest absolute Gasteiger partial charge is 0.469 e. The number of carbonyl (C=O) groups excluding carboxylic acids is 3. The van der Waals surface area contributed by atoms with Crippen LogP contribution in [0, 0.1) is 40.4 Å². The van der Waals surface area contributed by atoms with Gasteiger partial charge in [0.1, 0.15) is 6.10 Å². The summed E-state index contributed by atoms with van der Waals surface area (Å²) in [7, 11) is 1.45. The van der Waals surface area contributed by atoms with Gasteiger partial charge in [-0.15, -0.1) is 0 Å². The van der Waals surface area contributed by atoms with Crippen LogP contribution in [0.2, 0.25) is 0 Å². The molecular formula is C27H40O6. The van der Waals surface area contributed by atoms with Crippen molar-refractivity contribution in [3.8, 4) is 0 Å². The molecule has 8 atom stereocenters. The van der Waals surface area contributed by atoms with Crippen molar-refractivity contribution in [2.75, 3.05) is 13.7 Å². The molecule has 0 heterocycles. The summed E-state index contributed by atoms with van der Waals surface area (Å²) in [4.78, 5) is 37.8. The van der Waals surface area contributed by atoms with E-state index in [0.717, 1.165) is 37.7 Å². The van der Waals surface area contributed by atoms with Crippen molar-refractivity contribution in [2.24, 2.45) is 40.4 Å². The number of esters is 2. The summed E-state index contributed by atoms with van der Waals surface area (Å²) in [6.07, 6.45) is 7.97. The van der Waals surface area contributed by atoms with Crippen molar-refractivity contribution in [1.82, 2.24) is 0 Å². The zero-order chi connectivity index (χ0) is 24.0. The molecule has 3 fully saturated rings. The molecule has 0 amide bonds. The molecule has 0 spiro atoms. The summed E-state index contributed by atoms with van der Waals surface area (Å²) in [5, 5.41) is 9.97. The average molecular weight is 461 g/mol. The molecule has 1 N–H and O–H groups in total. The minimum Gasteiger partial charge on any atom is -0.469 e. The predicted octanol–water partition coefficient (Wildman–Crippen LogP) is 4.24. The molecule has 4 rings (SSSR count). The van der Waals surface area contributed by atoms with E-state index in [9.17, 15) is 19.5 Å². The third-order valence-electron chi connectivity index (χ3n) is 9.97. The summed E-state index contributed by atoms with van der Waals surface area (Å²) in [5.74, 6) is 0.313. The number of allylic oxidation sites excluding steroid dienone is 1. The first-order valence-corrected chi connectivity index (χ1v) is 12.8. The summed E-state index contributed by atoms with van der Waals surface area (Å²) in [6, 6.07) is 0. The summed E-state index contributed by atoms with van der Waals surface area (Å²) >= 11 is 0. The van der Waals surface area contributed by atoms with Gasteiger partial charge in [0.25, 0.3) is 0 Å². The van der Waals surface area contributed by atoms with E-state index in [-0.39, 0.29) is 70.9 Å². The number of fused-ring (bicyclic) bond motifs is 5. The van der Waals surface area contributed by atoms with Crippen LogP contribution in [0.15, 0.2) is 11.6 Å². The van der Waals surface area contributed by atoms with Gasteiger partial charge in [-0.05, 0) is 80.1 Å². The molecule has 33 heavy (non-hydrogen) atoms. The SMILES string of the molecule is CCCC(=O)OC1CCC2C3C(C[C@H](CCO)[C@]12C)[C@@]1(C)CCC(=O)C=C1C[C@H]3C(=O)OC. The number of hydrogen-bond acceptors (Lipinski definition) is 6. The molecule has 0 aromatic carbocycles. The number of methoxy groups -OCH3 is 1. The molecule has 4 unspecified atom stereocenters. The van der Waals surface area contributed by atoms with Crippen molar-refractivity contribution in [3.63, 3.8) is 0 Å². The minimum absolute atomic E-state index is 0.0956. The molecular weight excluding hydrogens is 420 g/mol. The summed E-state index contributed by atoms with van der Waals surface area (Å²) < 4.78 is 11.3. The minimum atomic E-state index is -0.283. The highest BCUT2D eigenvalue weighted by Gasteiger charge is 2.66. The Hall–Kier alpha value is -1.69. The number of aliphatic hydroxyl groups is 1. The van der Waals surface area contributed by atoms with Crippen LogP contribution < -0.4 is 0 Å². The van der Waals surface area contributed by atoms with E-state index in [4.69, 9.17) is 9.47 Å². The van der Waals surface area contributed by atoms with Crippen LogP contribution >= 0.6 is 0 Å². The molecule has 0 bridgehead atoms. The Morgan fingerprint density at radius 1 is 1.21 bits per heavy atom. The summed E-state index contributed by atoms with van der Waals surface area (Å²) in [6.45, 7) is 6.59. The van der Waals surface area contributed by atoms with Crippen LogP contribution in [0.25, 0.3) is 0 Å². The number of aliphatic hydroxyl groups excluding tert-OH is 1. The van der Waals surface area contributed by atoms with Gasteiger partial charge in [0.05, 0.1) is 13.0 Å². The standard InChI is InChI=1S/C27H40O6/c1-5-6-23(30)33-22-8-7-20-24-19(25(31)32-4)14-17-13-18(29)9-11-26(17,2)21(24)15-16(10-12-28)27(20,22)3/h13,16,19-22,24,28H,5-12,14-15H2,1-4H3/t16-,19+,20?,21?,22?,24?,26-,27-/m0/s1. The fraction of sp³-hybridized carbons (Fsp3) is 0.815. The smallest absolute Gasteiger partial charge is 0.309 e. The molecule has 0 radical (unpaired) electrons. The fourth-order valence-corrected chi connectivity index (χ4v) is 8.26. The number of ketones is 1. The second-order valence-corrected chi connectivity index (χ2v) is 11.3. The van der Waals surface area contributed by atoms with Gasteiger partial charge in [0, 0.05) is 24.9 Å². The van der Waals surface area contributed by atoms with Gasteiger partial charge in [-0.1, -0.05) is 26.3 Å². The van der Waals surface area contributed by atoms with E-state index >= 15 is 0 Å². The van der Waals surface area contributed by atoms with Crippen molar-refractivity contribution in [2.45, 2.75) is 84.7 Å².